The lowest BCUT2D eigenvalue weighted by Crippen LogP contribution is -2.00. The third-order valence-electron chi connectivity index (χ3n) is 3.51. The van der Waals surface area contributed by atoms with Crippen molar-refractivity contribution in [3.63, 3.8) is 0 Å². The van der Waals surface area contributed by atoms with Gasteiger partial charge in [0.05, 0.1) is 7.11 Å². The number of aromatic amines is 1. The number of phenolic OH excluding ortho intramolecular Hbond substituents is 1. The average Bonchev–Trinajstić information content (AvgIpc) is 3.06. The molecule has 5 nitrogen and oxygen atoms in total. The maximum Gasteiger partial charge on any atom is 0.354 e. The largest absolute Gasteiger partial charge is 0.508 e. The Bertz CT molecular complexity index is 770. The Labute approximate surface area is 120 Å². The van der Waals surface area contributed by atoms with Gasteiger partial charge in [0, 0.05) is 29.3 Å². The van der Waals surface area contributed by atoms with E-state index < -0.39 is 5.97 Å². The minimum absolute atomic E-state index is 0.0956. The summed E-state index contributed by atoms with van der Waals surface area (Å²) in [4.78, 5) is 26.4. The summed E-state index contributed by atoms with van der Waals surface area (Å²) in [5, 5.41) is 9.79. The third kappa shape index (κ3) is 2.23. The highest BCUT2D eigenvalue weighted by molar-refractivity contribution is 6.16. The van der Waals surface area contributed by atoms with Crippen molar-refractivity contribution < 1.29 is 19.4 Å². The number of esters is 1. The minimum Gasteiger partial charge on any atom is -0.508 e. The second-order valence-electron chi connectivity index (χ2n) is 4.82. The van der Waals surface area contributed by atoms with E-state index in [1.54, 1.807) is 36.5 Å². The van der Waals surface area contributed by atoms with Gasteiger partial charge in [-0.3, -0.25) is 4.79 Å². The van der Waals surface area contributed by atoms with Crippen LogP contribution in [-0.4, -0.2) is 29.0 Å². The van der Waals surface area contributed by atoms with Gasteiger partial charge in [-0.25, -0.2) is 4.79 Å². The lowest BCUT2D eigenvalue weighted by atomic mass is 10.1. The Kier molecular flexibility index (Phi) is 3.10. The summed E-state index contributed by atoms with van der Waals surface area (Å²) in [6.45, 7) is 0. The Balaban J connectivity index is 1.93. The second kappa shape index (κ2) is 4.94. The Morgan fingerprint density at radius 1 is 1.43 bits per heavy atom. The fourth-order valence-electron chi connectivity index (χ4n) is 2.46. The van der Waals surface area contributed by atoms with E-state index in [0.29, 0.717) is 34.4 Å². The molecule has 106 valence electrons. The number of phenols is 1. The molecule has 0 saturated carbocycles. The average molecular weight is 283 g/mol. The number of H-pyrrole nitrogens is 1. The Morgan fingerprint density at radius 2 is 2.24 bits per heavy atom. The maximum absolute atomic E-state index is 12.3. The van der Waals surface area contributed by atoms with E-state index in [-0.39, 0.29) is 11.5 Å². The Hall–Kier alpha value is -2.82. The van der Waals surface area contributed by atoms with Crippen molar-refractivity contribution in [1.29, 1.82) is 0 Å². The summed E-state index contributed by atoms with van der Waals surface area (Å²) in [7, 11) is 1.31. The number of ether oxygens (including phenoxy) is 1. The first-order chi connectivity index (χ1) is 10.1. The smallest absolute Gasteiger partial charge is 0.354 e. The van der Waals surface area contributed by atoms with Gasteiger partial charge in [0.25, 0.3) is 0 Å². The number of rotatable bonds is 2. The summed E-state index contributed by atoms with van der Waals surface area (Å²) in [5.41, 5.74) is 2.81. The molecular formula is C16H13NO4. The zero-order valence-electron chi connectivity index (χ0n) is 11.3. The van der Waals surface area contributed by atoms with Gasteiger partial charge in [0.2, 0.25) is 0 Å². The van der Waals surface area contributed by atoms with Crippen LogP contribution < -0.4 is 0 Å². The first kappa shape index (κ1) is 13.2. The lowest BCUT2D eigenvalue weighted by molar-refractivity contribution is 0.0594. The molecule has 3 rings (SSSR count). The van der Waals surface area contributed by atoms with Crippen LogP contribution in [0.15, 0.2) is 36.0 Å². The summed E-state index contributed by atoms with van der Waals surface area (Å²) < 4.78 is 4.62. The third-order valence-corrected chi connectivity index (χ3v) is 3.51. The lowest BCUT2D eigenvalue weighted by Gasteiger charge is -1.97. The number of ketones is 1. The molecule has 0 atom stereocenters. The van der Waals surface area contributed by atoms with Gasteiger partial charge in [-0.15, -0.1) is 0 Å². The van der Waals surface area contributed by atoms with Gasteiger partial charge >= 0.3 is 5.97 Å². The summed E-state index contributed by atoms with van der Waals surface area (Å²) >= 11 is 0. The van der Waals surface area contributed by atoms with Crippen molar-refractivity contribution in [1.82, 2.24) is 4.98 Å². The van der Waals surface area contributed by atoms with Crippen molar-refractivity contribution >= 4 is 17.8 Å². The van der Waals surface area contributed by atoms with Crippen LogP contribution >= 0.6 is 0 Å². The minimum atomic E-state index is -0.460. The van der Waals surface area contributed by atoms with Crippen LogP contribution in [0.5, 0.6) is 5.75 Å². The van der Waals surface area contributed by atoms with Crippen LogP contribution in [0.1, 0.15) is 32.0 Å². The van der Waals surface area contributed by atoms with Crippen molar-refractivity contribution in [2.45, 2.75) is 6.42 Å². The molecule has 5 heteroatoms. The van der Waals surface area contributed by atoms with Gasteiger partial charge in [-0.2, -0.15) is 0 Å². The number of methoxy groups -OCH3 is 1. The molecule has 0 amide bonds. The van der Waals surface area contributed by atoms with Gasteiger partial charge < -0.3 is 14.8 Å². The molecule has 1 aromatic carbocycles. The molecule has 21 heavy (non-hydrogen) atoms. The highest BCUT2D eigenvalue weighted by Crippen LogP contribution is 2.33. The standard InChI is InChI=1S/C16H13NO4/c1-21-16(20)13-6-9(8-17-13)5-10-7-12-11(15(10)19)3-2-4-14(12)18/h2-6,8,17-18H,7H2,1H3/b10-5-. The quantitative estimate of drug-likeness (QED) is 0.655. The van der Waals surface area contributed by atoms with Crippen LogP contribution in [-0.2, 0) is 11.2 Å². The van der Waals surface area contributed by atoms with Gasteiger partial charge in [0.15, 0.2) is 5.78 Å². The highest BCUT2D eigenvalue weighted by atomic mass is 16.5. The van der Waals surface area contributed by atoms with Gasteiger partial charge in [0.1, 0.15) is 11.4 Å². The fourth-order valence-corrected chi connectivity index (χ4v) is 2.46. The number of aromatic nitrogens is 1. The first-order valence-corrected chi connectivity index (χ1v) is 6.43. The van der Waals surface area contributed by atoms with Crippen LogP contribution in [0.2, 0.25) is 0 Å². The summed E-state index contributed by atoms with van der Waals surface area (Å²) in [6, 6.07) is 6.55. The number of allylic oxidation sites excluding steroid dienone is 1. The molecule has 1 aliphatic rings. The summed E-state index contributed by atoms with van der Waals surface area (Å²) in [6.07, 6.45) is 3.74. The molecular weight excluding hydrogens is 270 g/mol. The Morgan fingerprint density at radius 3 is 2.95 bits per heavy atom. The van der Waals surface area contributed by atoms with E-state index in [2.05, 4.69) is 9.72 Å². The number of Topliss-reactive ketones (excluding diaryl/α,β-unsaturated/α-hetero) is 1. The highest BCUT2D eigenvalue weighted by Gasteiger charge is 2.26. The van der Waals surface area contributed by atoms with Crippen molar-refractivity contribution in [2.24, 2.45) is 0 Å². The van der Waals surface area contributed by atoms with Crippen LogP contribution in [0, 0.1) is 0 Å². The number of benzene rings is 1. The number of carbonyl (C=O) groups is 2. The van der Waals surface area contributed by atoms with Crippen molar-refractivity contribution in [2.75, 3.05) is 7.11 Å². The van der Waals surface area contributed by atoms with Crippen LogP contribution in [0.25, 0.3) is 6.08 Å². The molecule has 0 radical (unpaired) electrons. The molecule has 2 aromatic rings. The van der Waals surface area contributed by atoms with Crippen LogP contribution in [0.4, 0.5) is 0 Å². The number of hydrogen-bond donors (Lipinski definition) is 2. The zero-order chi connectivity index (χ0) is 15.0. The number of nitrogens with one attached hydrogen (secondary N) is 1. The topological polar surface area (TPSA) is 79.4 Å². The molecule has 0 saturated heterocycles. The number of aromatic hydroxyl groups is 1. The van der Waals surface area contributed by atoms with E-state index in [9.17, 15) is 14.7 Å². The monoisotopic (exact) mass is 283 g/mol. The van der Waals surface area contributed by atoms with Crippen LogP contribution in [0.3, 0.4) is 0 Å². The number of hydrogen-bond acceptors (Lipinski definition) is 4. The summed E-state index contributed by atoms with van der Waals surface area (Å²) in [5.74, 6) is -0.423. The first-order valence-electron chi connectivity index (χ1n) is 6.43. The normalized spacial score (nSPS) is 15.3. The maximum atomic E-state index is 12.3. The molecule has 1 aromatic heterocycles. The molecule has 2 N–H and O–H groups in total. The predicted octanol–water partition coefficient (Wildman–Crippen LogP) is 2.33. The fraction of sp³-hybridized carbons (Fsp3) is 0.125. The predicted molar refractivity (Wildman–Crippen MR) is 76.3 cm³/mol. The molecule has 0 unspecified atom stereocenters. The van der Waals surface area contributed by atoms with E-state index in [1.165, 1.54) is 7.11 Å². The number of carbonyl (C=O) groups excluding carboxylic acids is 2. The molecule has 0 aliphatic heterocycles. The number of fused-ring (bicyclic) bond motifs is 1. The van der Waals surface area contributed by atoms with E-state index in [0.717, 1.165) is 0 Å². The van der Waals surface area contributed by atoms with Gasteiger partial charge in [-0.05, 0) is 23.8 Å². The second-order valence-corrected chi connectivity index (χ2v) is 4.82. The van der Waals surface area contributed by atoms with E-state index in [1.807, 2.05) is 0 Å². The molecule has 1 aliphatic carbocycles. The molecule has 1 heterocycles. The van der Waals surface area contributed by atoms with E-state index >= 15 is 0 Å². The van der Waals surface area contributed by atoms with Crippen molar-refractivity contribution in [3.8, 4) is 5.75 Å². The molecule has 0 spiro atoms. The SMILES string of the molecule is COC(=O)c1cc(/C=C2/Cc3c(O)cccc3C2=O)c[nH]1. The van der Waals surface area contributed by atoms with Crippen molar-refractivity contribution in [3.05, 3.63) is 58.4 Å². The van der Waals surface area contributed by atoms with E-state index in [4.69, 9.17) is 0 Å². The molecule has 0 bridgehead atoms. The van der Waals surface area contributed by atoms with Gasteiger partial charge in [-0.1, -0.05) is 12.1 Å². The molecule has 0 fully saturated rings. The zero-order valence-corrected chi connectivity index (χ0v) is 11.3.